The zero-order chi connectivity index (χ0) is 21.0. The lowest BCUT2D eigenvalue weighted by Gasteiger charge is -2.26. The number of ether oxygens (including phenoxy) is 2. The van der Waals surface area contributed by atoms with Crippen LogP contribution in [0.3, 0.4) is 0 Å². The summed E-state index contributed by atoms with van der Waals surface area (Å²) in [5.74, 6) is 0.771. The maximum absolute atomic E-state index is 12.8. The second kappa shape index (κ2) is 9.17. The Morgan fingerprint density at radius 1 is 1.24 bits per heavy atom. The van der Waals surface area contributed by atoms with Crippen LogP contribution < -0.4 is 4.74 Å². The lowest BCUT2D eigenvalue weighted by molar-refractivity contribution is -0.154. The Morgan fingerprint density at radius 2 is 2.03 bits per heavy atom. The van der Waals surface area contributed by atoms with Gasteiger partial charge in [0, 0.05) is 23.8 Å². The lowest BCUT2D eigenvalue weighted by Crippen LogP contribution is -2.42. The Morgan fingerprint density at radius 3 is 2.66 bits per heavy atom. The Kier molecular flexibility index (Phi) is 6.64. The number of ketones is 1. The molecule has 7 nitrogen and oxygen atoms in total. The fraction of sp³-hybridized carbons (Fsp3) is 0.381. The fourth-order valence-corrected chi connectivity index (χ4v) is 4.59. The van der Waals surface area contributed by atoms with Crippen molar-refractivity contribution in [3.8, 4) is 5.75 Å². The molecule has 154 valence electrons. The van der Waals surface area contributed by atoms with Gasteiger partial charge in [-0.2, -0.15) is 0 Å². The standard InChI is InChI=1S/C21H23NO6S/c1-4-26-18-8-7-15(13(2)23)10-16(18)11-28-21(25)17-12-29-20(22(17)14(3)24)19-6-5-9-27-19/h5-10,17,20H,4,11-12H2,1-3H3/t17-,20-/m1/s1. The van der Waals surface area contributed by atoms with E-state index in [-0.39, 0.29) is 23.7 Å². The van der Waals surface area contributed by atoms with Gasteiger partial charge in [0.1, 0.15) is 29.5 Å². The van der Waals surface area contributed by atoms with Gasteiger partial charge in [0.2, 0.25) is 5.91 Å². The van der Waals surface area contributed by atoms with E-state index in [1.54, 1.807) is 30.3 Å². The van der Waals surface area contributed by atoms with Crippen LogP contribution in [-0.2, 0) is 20.9 Å². The molecule has 1 fully saturated rings. The maximum atomic E-state index is 12.8. The molecule has 8 heteroatoms. The second-order valence-electron chi connectivity index (χ2n) is 6.56. The monoisotopic (exact) mass is 417 g/mol. The largest absolute Gasteiger partial charge is 0.493 e. The third kappa shape index (κ3) is 4.64. The maximum Gasteiger partial charge on any atom is 0.330 e. The number of thioether (sulfide) groups is 1. The molecule has 1 aromatic carbocycles. The minimum atomic E-state index is -0.709. The van der Waals surface area contributed by atoms with Crippen molar-refractivity contribution >= 4 is 29.4 Å². The number of esters is 1. The number of hydrogen-bond donors (Lipinski definition) is 0. The summed E-state index contributed by atoms with van der Waals surface area (Å²) in [7, 11) is 0. The number of rotatable bonds is 7. The van der Waals surface area contributed by atoms with Crippen molar-refractivity contribution in [1.29, 1.82) is 0 Å². The van der Waals surface area contributed by atoms with Crippen molar-refractivity contribution in [3.05, 3.63) is 53.5 Å². The predicted molar refractivity (Wildman–Crippen MR) is 108 cm³/mol. The number of Topliss-reactive ketones (excluding diaryl/α,β-unsaturated/α-hetero) is 1. The SMILES string of the molecule is CCOc1ccc(C(C)=O)cc1COC(=O)[C@H]1CS[C@H](c2ccco2)N1C(C)=O. The van der Waals surface area contributed by atoms with E-state index < -0.39 is 12.0 Å². The van der Waals surface area contributed by atoms with Crippen LogP contribution in [0.15, 0.2) is 41.0 Å². The summed E-state index contributed by atoms with van der Waals surface area (Å²) < 4.78 is 16.5. The van der Waals surface area contributed by atoms with Crippen molar-refractivity contribution < 1.29 is 28.3 Å². The van der Waals surface area contributed by atoms with Crippen molar-refractivity contribution in [2.75, 3.05) is 12.4 Å². The number of nitrogens with zero attached hydrogens (tertiary/aromatic N) is 1. The van der Waals surface area contributed by atoms with Gasteiger partial charge >= 0.3 is 5.97 Å². The number of furan rings is 1. The molecule has 1 aliphatic heterocycles. The second-order valence-corrected chi connectivity index (χ2v) is 7.68. The fourth-order valence-electron chi connectivity index (χ4n) is 3.18. The van der Waals surface area contributed by atoms with Gasteiger partial charge in [-0.15, -0.1) is 11.8 Å². The summed E-state index contributed by atoms with van der Waals surface area (Å²) in [5, 5.41) is -0.361. The van der Waals surface area contributed by atoms with Crippen LogP contribution in [0.25, 0.3) is 0 Å². The van der Waals surface area contributed by atoms with E-state index in [1.165, 1.54) is 36.8 Å². The zero-order valence-corrected chi connectivity index (χ0v) is 17.4. The number of carbonyl (C=O) groups is 3. The zero-order valence-electron chi connectivity index (χ0n) is 16.5. The molecule has 0 aliphatic carbocycles. The predicted octanol–water partition coefficient (Wildman–Crippen LogP) is 3.59. The first kappa shape index (κ1) is 21.0. The number of carbonyl (C=O) groups excluding carboxylic acids is 3. The van der Waals surface area contributed by atoms with Crippen LogP contribution in [0.2, 0.25) is 0 Å². The summed E-state index contributed by atoms with van der Waals surface area (Å²) in [6.07, 6.45) is 1.54. The van der Waals surface area contributed by atoms with Crippen LogP contribution in [0.4, 0.5) is 0 Å². The highest BCUT2D eigenvalue weighted by molar-refractivity contribution is 7.99. The first-order chi connectivity index (χ1) is 13.9. The number of amides is 1. The van der Waals surface area contributed by atoms with Gasteiger partial charge in [-0.05, 0) is 44.2 Å². The molecule has 0 bridgehead atoms. The molecule has 0 radical (unpaired) electrons. The van der Waals surface area contributed by atoms with E-state index in [4.69, 9.17) is 13.9 Å². The average molecular weight is 417 g/mol. The van der Waals surface area contributed by atoms with Crippen molar-refractivity contribution in [1.82, 2.24) is 4.90 Å². The Hall–Kier alpha value is -2.74. The minimum absolute atomic E-state index is 0.0480. The smallest absolute Gasteiger partial charge is 0.330 e. The van der Waals surface area contributed by atoms with Crippen LogP contribution in [-0.4, -0.2) is 41.0 Å². The summed E-state index contributed by atoms with van der Waals surface area (Å²) >= 11 is 1.45. The van der Waals surface area contributed by atoms with Crippen molar-refractivity contribution in [2.45, 2.75) is 38.8 Å². The van der Waals surface area contributed by atoms with Crippen molar-refractivity contribution in [2.24, 2.45) is 0 Å². The quantitative estimate of drug-likeness (QED) is 0.503. The Bertz CT molecular complexity index is 895. The molecule has 0 saturated carbocycles. The van der Waals surface area contributed by atoms with Gasteiger partial charge in [0.05, 0.1) is 12.9 Å². The molecular formula is C21H23NO6S. The average Bonchev–Trinajstić information content (AvgIpc) is 3.36. The molecule has 29 heavy (non-hydrogen) atoms. The van der Waals surface area contributed by atoms with Gasteiger partial charge in [-0.1, -0.05) is 0 Å². The highest BCUT2D eigenvalue weighted by Crippen LogP contribution is 2.42. The minimum Gasteiger partial charge on any atom is -0.493 e. The molecule has 1 amide bonds. The molecule has 1 saturated heterocycles. The van der Waals surface area contributed by atoms with Crippen LogP contribution in [0, 0.1) is 0 Å². The van der Waals surface area contributed by atoms with Gasteiger partial charge in [-0.3, -0.25) is 9.59 Å². The van der Waals surface area contributed by atoms with E-state index in [9.17, 15) is 14.4 Å². The van der Waals surface area contributed by atoms with E-state index in [1.807, 2.05) is 6.92 Å². The lowest BCUT2D eigenvalue weighted by atomic mass is 10.1. The highest BCUT2D eigenvalue weighted by atomic mass is 32.2. The van der Waals surface area contributed by atoms with E-state index in [2.05, 4.69) is 0 Å². The van der Waals surface area contributed by atoms with Gasteiger partial charge in [0.15, 0.2) is 5.78 Å². The third-order valence-electron chi connectivity index (χ3n) is 4.56. The van der Waals surface area contributed by atoms with Crippen LogP contribution in [0.1, 0.15) is 47.8 Å². The van der Waals surface area contributed by atoms with Crippen LogP contribution in [0.5, 0.6) is 5.75 Å². The topological polar surface area (TPSA) is 86.1 Å². The normalized spacial score (nSPS) is 18.5. The molecule has 0 unspecified atom stereocenters. The van der Waals surface area contributed by atoms with E-state index in [0.29, 0.717) is 35.0 Å². The highest BCUT2D eigenvalue weighted by Gasteiger charge is 2.43. The van der Waals surface area contributed by atoms with Gasteiger partial charge in [0.25, 0.3) is 0 Å². The Balaban J connectivity index is 1.74. The first-order valence-corrected chi connectivity index (χ1v) is 10.3. The number of benzene rings is 1. The molecule has 1 aliphatic rings. The first-order valence-electron chi connectivity index (χ1n) is 9.29. The van der Waals surface area contributed by atoms with E-state index >= 15 is 0 Å². The summed E-state index contributed by atoms with van der Waals surface area (Å²) in [4.78, 5) is 38.1. The van der Waals surface area contributed by atoms with Crippen molar-refractivity contribution in [3.63, 3.8) is 0 Å². The molecule has 2 heterocycles. The molecular weight excluding hydrogens is 394 g/mol. The summed E-state index contributed by atoms with van der Waals surface area (Å²) in [5.41, 5.74) is 1.12. The molecule has 0 spiro atoms. The van der Waals surface area contributed by atoms with Gasteiger partial charge in [-0.25, -0.2) is 4.79 Å². The third-order valence-corrected chi connectivity index (χ3v) is 5.84. The Labute approximate surface area is 173 Å². The molecule has 2 aromatic rings. The van der Waals surface area contributed by atoms with E-state index in [0.717, 1.165) is 0 Å². The van der Waals surface area contributed by atoms with Gasteiger partial charge < -0.3 is 18.8 Å². The molecule has 3 rings (SSSR count). The summed E-state index contributed by atoms with van der Waals surface area (Å²) in [6, 6.07) is 7.86. The van der Waals surface area contributed by atoms with Crippen LogP contribution >= 0.6 is 11.8 Å². The molecule has 1 aromatic heterocycles. The molecule has 0 N–H and O–H groups in total. The number of hydrogen-bond acceptors (Lipinski definition) is 7. The summed E-state index contributed by atoms with van der Waals surface area (Å²) in [6.45, 7) is 5.15. The molecule has 2 atom stereocenters.